The zero-order valence-corrected chi connectivity index (χ0v) is 10.6. The summed E-state index contributed by atoms with van der Waals surface area (Å²) in [6, 6.07) is 5.30. The lowest BCUT2D eigenvalue weighted by Gasteiger charge is -2.05. The second-order valence-electron chi connectivity index (χ2n) is 2.84. The minimum absolute atomic E-state index is 0.0921. The van der Waals surface area contributed by atoms with Gasteiger partial charge in [0.1, 0.15) is 10.7 Å². The van der Waals surface area contributed by atoms with Gasteiger partial charge in [-0.15, -0.1) is 0 Å². The molecule has 0 amide bonds. The summed E-state index contributed by atoms with van der Waals surface area (Å²) in [6.45, 7) is 0. The van der Waals surface area contributed by atoms with Crippen LogP contribution in [-0.4, -0.2) is 13.7 Å². The molecule has 0 aromatic heterocycles. The Hall–Kier alpha value is -0.0600. The molecule has 78 valence electrons. The Kier molecular flexibility index (Phi) is 4.92. The predicted molar refractivity (Wildman–Crippen MR) is 63.0 cm³/mol. The lowest BCUT2D eigenvalue weighted by atomic mass is 10.1. The first-order chi connectivity index (χ1) is 6.63. The molecule has 1 rings (SSSR count). The van der Waals surface area contributed by atoms with Crippen molar-refractivity contribution < 1.29 is 8.42 Å². The smallest absolute Gasteiger partial charge is 0.144 e. The van der Waals surface area contributed by atoms with E-state index in [1.54, 1.807) is 12.1 Å². The third-order valence-electron chi connectivity index (χ3n) is 1.83. The van der Waals surface area contributed by atoms with Gasteiger partial charge in [0, 0.05) is 10.4 Å². The fourth-order valence-electron chi connectivity index (χ4n) is 1.22. The van der Waals surface area contributed by atoms with E-state index in [2.05, 4.69) is 15.9 Å². The van der Waals surface area contributed by atoms with Crippen LogP contribution in [0.4, 0.5) is 0 Å². The molecular weight excluding hydrogens is 288 g/mol. The van der Waals surface area contributed by atoms with Crippen LogP contribution >= 0.6 is 27.5 Å². The molecule has 0 atom stereocenters. The van der Waals surface area contributed by atoms with Crippen molar-refractivity contribution in [3.63, 3.8) is 0 Å². The van der Waals surface area contributed by atoms with Crippen LogP contribution in [0.5, 0.6) is 0 Å². The number of halogens is 2. The molecule has 0 aliphatic carbocycles. The number of benzene rings is 1. The molecular formula is C9H10BrClO2S. The Morgan fingerprint density at radius 3 is 2.57 bits per heavy atom. The molecule has 0 N–H and O–H groups in total. The maximum atomic E-state index is 10.6. The summed E-state index contributed by atoms with van der Waals surface area (Å²) in [6.07, 6.45) is 0.791. The number of hydrogen-bond donors (Lipinski definition) is 1. The molecule has 0 unspecified atom stereocenters. The summed E-state index contributed by atoms with van der Waals surface area (Å²) in [7, 11) is -2.37. The standard InChI is InChI=1S/C9H10BrClO2S/c10-4-3-7-5-9(11)2-1-8(7)6-14(12)13/h1-2,5,14H,3-4,6H2. The monoisotopic (exact) mass is 296 g/mol. The maximum Gasteiger partial charge on any atom is 0.144 e. The van der Waals surface area contributed by atoms with Gasteiger partial charge in [0.2, 0.25) is 0 Å². The average Bonchev–Trinajstić information content (AvgIpc) is 2.09. The number of hydrogen-bond acceptors (Lipinski definition) is 2. The lowest BCUT2D eigenvalue weighted by molar-refractivity contribution is 0.613. The van der Waals surface area contributed by atoms with Gasteiger partial charge in [-0.3, -0.25) is 0 Å². The molecule has 0 aliphatic heterocycles. The van der Waals surface area contributed by atoms with Crippen molar-refractivity contribution in [1.29, 1.82) is 0 Å². The molecule has 14 heavy (non-hydrogen) atoms. The molecule has 0 spiro atoms. The van der Waals surface area contributed by atoms with Crippen LogP contribution in [-0.2, 0) is 22.9 Å². The second kappa shape index (κ2) is 5.73. The van der Waals surface area contributed by atoms with Crippen LogP contribution in [0.1, 0.15) is 11.1 Å². The van der Waals surface area contributed by atoms with E-state index in [1.165, 1.54) is 0 Å². The van der Waals surface area contributed by atoms with Gasteiger partial charge in [0.25, 0.3) is 0 Å². The first kappa shape index (κ1) is 12.0. The molecule has 2 nitrogen and oxygen atoms in total. The highest BCUT2D eigenvalue weighted by atomic mass is 79.9. The molecule has 0 radical (unpaired) electrons. The third kappa shape index (κ3) is 3.59. The number of thiol groups is 1. The minimum atomic E-state index is -2.37. The van der Waals surface area contributed by atoms with Crippen LogP contribution in [0, 0.1) is 0 Å². The molecule has 1 aromatic rings. The Bertz CT molecular complexity index is 382. The molecule has 0 fully saturated rings. The zero-order valence-electron chi connectivity index (χ0n) is 7.37. The largest absolute Gasteiger partial charge is 0.232 e. The SMILES string of the molecule is O=[SH](=O)Cc1ccc(Cl)cc1CCBr. The first-order valence-electron chi connectivity index (χ1n) is 4.08. The van der Waals surface area contributed by atoms with Gasteiger partial charge in [-0.05, 0) is 29.7 Å². The van der Waals surface area contributed by atoms with Crippen molar-refractivity contribution in [2.75, 3.05) is 5.33 Å². The van der Waals surface area contributed by atoms with Crippen LogP contribution < -0.4 is 0 Å². The summed E-state index contributed by atoms with van der Waals surface area (Å²) >= 11 is 9.14. The summed E-state index contributed by atoms with van der Waals surface area (Å²) < 4.78 is 21.2. The Balaban J connectivity index is 3.01. The van der Waals surface area contributed by atoms with Crippen molar-refractivity contribution in [2.24, 2.45) is 0 Å². The number of alkyl halides is 1. The molecule has 0 saturated heterocycles. The van der Waals surface area contributed by atoms with Crippen molar-refractivity contribution in [2.45, 2.75) is 12.2 Å². The van der Waals surface area contributed by atoms with E-state index < -0.39 is 10.7 Å². The molecule has 1 aromatic carbocycles. The van der Waals surface area contributed by atoms with Crippen LogP contribution in [0.25, 0.3) is 0 Å². The molecule has 5 heteroatoms. The van der Waals surface area contributed by atoms with Crippen molar-refractivity contribution >= 4 is 38.2 Å². The average molecular weight is 298 g/mol. The first-order valence-corrected chi connectivity index (χ1v) is 6.94. The Morgan fingerprint density at radius 1 is 1.29 bits per heavy atom. The summed E-state index contributed by atoms with van der Waals surface area (Å²) in [4.78, 5) is 0. The van der Waals surface area contributed by atoms with Gasteiger partial charge in [-0.25, -0.2) is 8.42 Å². The zero-order chi connectivity index (χ0) is 10.6. The van der Waals surface area contributed by atoms with E-state index >= 15 is 0 Å². The van der Waals surface area contributed by atoms with Crippen molar-refractivity contribution in [3.8, 4) is 0 Å². The van der Waals surface area contributed by atoms with E-state index in [-0.39, 0.29) is 5.75 Å². The van der Waals surface area contributed by atoms with Gasteiger partial charge in [0.15, 0.2) is 0 Å². The summed E-state index contributed by atoms with van der Waals surface area (Å²) in [5.41, 5.74) is 1.83. The fraction of sp³-hybridized carbons (Fsp3) is 0.333. The lowest BCUT2D eigenvalue weighted by Crippen LogP contribution is -1.96. The number of aryl methyl sites for hydroxylation is 1. The van der Waals surface area contributed by atoms with Crippen molar-refractivity contribution in [1.82, 2.24) is 0 Å². The fourth-order valence-corrected chi connectivity index (χ4v) is 2.43. The molecule has 0 bridgehead atoms. The predicted octanol–water partition coefficient (Wildman–Crippen LogP) is 2.39. The quantitative estimate of drug-likeness (QED) is 0.684. The van der Waals surface area contributed by atoms with Crippen LogP contribution in [0.15, 0.2) is 18.2 Å². The molecule has 0 saturated carbocycles. The molecule has 0 heterocycles. The van der Waals surface area contributed by atoms with E-state index in [0.717, 1.165) is 22.9 Å². The van der Waals surface area contributed by atoms with Crippen LogP contribution in [0.3, 0.4) is 0 Å². The van der Waals surface area contributed by atoms with Crippen molar-refractivity contribution in [3.05, 3.63) is 34.3 Å². The van der Waals surface area contributed by atoms with Crippen LogP contribution in [0.2, 0.25) is 5.02 Å². The highest BCUT2D eigenvalue weighted by Crippen LogP contribution is 2.18. The van der Waals surface area contributed by atoms with E-state index in [0.29, 0.717) is 5.02 Å². The molecule has 0 aliphatic rings. The highest BCUT2D eigenvalue weighted by Gasteiger charge is 2.03. The van der Waals surface area contributed by atoms with E-state index in [1.807, 2.05) is 6.07 Å². The second-order valence-corrected chi connectivity index (χ2v) is 5.05. The van der Waals surface area contributed by atoms with Gasteiger partial charge in [0.05, 0.1) is 5.75 Å². The van der Waals surface area contributed by atoms with Gasteiger partial charge < -0.3 is 0 Å². The van der Waals surface area contributed by atoms with Gasteiger partial charge in [-0.2, -0.15) is 0 Å². The third-order valence-corrected chi connectivity index (χ3v) is 3.06. The Labute approximate surface area is 98.4 Å². The van der Waals surface area contributed by atoms with Gasteiger partial charge >= 0.3 is 0 Å². The van der Waals surface area contributed by atoms with Gasteiger partial charge in [-0.1, -0.05) is 33.6 Å². The highest BCUT2D eigenvalue weighted by molar-refractivity contribution is 9.09. The summed E-state index contributed by atoms with van der Waals surface area (Å²) in [5.74, 6) is 0.0921. The summed E-state index contributed by atoms with van der Waals surface area (Å²) in [5, 5.41) is 1.45. The number of rotatable bonds is 4. The van der Waals surface area contributed by atoms with E-state index in [9.17, 15) is 8.42 Å². The normalized spacial score (nSPS) is 10.8. The minimum Gasteiger partial charge on any atom is -0.232 e. The Morgan fingerprint density at radius 2 is 2.00 bits per heavy atom. The topological polar surface area (TPSA) is 34.1 Å². The maximum absolute atomic E-state index is 10.6. The van der Waals surface area contributed by atoms with E-state index in [4.69, 9.17) is 11.6 Å².